The Labute approximate surface area is 244 Å². The van der Waals surface area contributed by atoms with Crippen molar-refractivity contribution in [1.29, 1.82) is 0 Å². The van der Waals surface area contributed by atoms with Gasteiger partial charge in [0.15, 0.2) is 12.4 Å². The van der Waals surface area contributed by atoms with Crippen LogP contribution in [0.1, 0.15) is 64.5 Å². The largest absolute Gasteiger partial charge is 0.467 e. The minimum Gasteiger partial charge on any atom is -0.467 e. The van der Waals surface area contributed by atoms with E-state index < -0.39 is 47.4 Å². The van der Waals surface area contributed by atoms with E-state index in [0.29, 0.717) is 31.4 Å². The topological polar surface area (TPSA) is 183 Å². The third kappa shape index (κ3) is 5.07. The third-order valence-electron chi connectivity index (χ3n) is 10.8. The maximum Gasteiger partial charge on any atom is 0.328 e. The van der Waals surface area contributed by atoms with Gasteiger partial charge in [0.2, 0.25) is 0 Å². The second-order valence-electron chi connectivity index (χ2n) is 12.9. The van der Waals surface area contributed by atoms with E-state index in [1.165, 1.54) is 19.0 Å². The number of carbonyl (C=O) groups is 3. The number of H-pyrrole nitrogens is 1. The van der Waals surface area contributed by atoms with Crippen LogP contribution in [0.15, 0.2) is 29.3 Å². The van der Waals surface area contributed by atoms with Crippen molar-refractivity contribution < 1.29 is 39.3 Å². The second-order valence-corrected chi connectivity index (χ2v) is 12.9. The van der Waals surface area contributed by atoms with Crippen molar-refractivity contribution >= 4 is 23.4 Å². The molecule has 0 spiro atoms. The van der Waals surface area contributed by atoms with Crippen LogP contribution in [0, 0.1) is 28.6 Å². The van der Waals surface area contributed by atoms with Gasteiger partial charge in [-0.3, -0.25) is 9.59 Å². The Bertz CT molecular complexity index is 1260. The van der Waals surface area contributed by atoms with Crippen molar-refractivity contribution in [3.8, 4) is 0 Å². The van der Waals surface area contributed by atoms with Crippen molar-refractivity contribution in [2.24, 2.45) is 33.7 Å². The number of ketones is 1. The molecule has 8 atom stereocenters. The number of hydrogen-bond acceptors (Lipinski definition) is 10. The van der Waals surface area contributed by atoms with Gasteiger partial charge >= 0.3 is 5.97 Å². The van der Waals surface area contributed by atoms with E-state index in [-0.39, 0.29) is 36.2 Å². The van der Waals surface area contributed by atoms with E-state index in [9.17, 15) is 29.7 Å². The summed E-state index contributed by atoms with van der Waals surface area (Å²) in [5.41, 5.74) is -0.0624. The number of esters is 1. The van der Waals surface area contributed by atoms with Crippen LogP contribution in [-0.4, -0.2) is 86.7 Å². The number of nitrogens with one attached hydrogen (secondary N) is 2. The van der Waals surface area contributed by atoms with E-state index in [2.05, 4.69) is 27.4 Å². The van der Waals surface area contributed by atoms with Crippen molar-refractivity contribution in [2.75, 3.05) is 20.3 Å². The number of ether oxygens (including phenoxy) is 1. The number of aromatic amines is 1. The lowest BCUT2D eigenvalue weighted by Crippen LogP contribution is -2.62. The van der Waals surface area contributed by atoms with Gasteiger partial charge in [-0.15, -0.1) is 0 Å². The molecule has 1 heterocycles. The highest BCUT2D eigenvalue weighted by Crippen LogP contribution is 2.67. The molecule has 42 heavy (non-hydrogen) atoms. The number of hydrogen-bond donors (Lipinski definition) is 5. The average molecular weight is 587 g/mol. The summed E-state index contributed by atoms with van der Waals surface area (Å²) in [6, 6.07) is -0.895. The number of Topliss-reactive ketones (excluding diaryl/α,β-unsaturated/α-hetero) is 1. The number of oxime groups is 1. The molecule has 12 heteroatoms. The molecule has 1 aromatic rings. The Balaban J connectivity index is 1.24. The molecule has 5 rings (SSSR count). The number of methoxy groups -OCH3 is 1. The number of aliphatic hydroxyl groups excluding tert-OH is 2. The Morgan fingerprint density at radius 3 is 2.71 bits per heavy atom. The van der Waals surface area contributed by atoms with Crippen LogP contribution in [0.4, 0.5) is 0 Å². The number of rotatable bonds is 9. The normalized spacial score (nSPS) is 37.1. The molecule has 1 unspecified atom stereocenters. The first-order chi connectivity index (χ1) is 20.0. The number of imidazole rings is 1. The highest BCUT2D eigenvalue weighted by atomic mass is 16.6. The standard InChI is InChI=1S/C30H42N4O8/c1-28-8-6-18(34-42-15-25(38)33-22(27(39)41-3)11-19-13-31-16-32-19)10-17(28)4-5-20-21-7-9-30(40,24(37)14-35)29(21,2)12-23(36)26(20)28/h10,13,16,20-23,26,35-36,40H,4-9,11-12,14-15H2,1-3H3,(H,31,32)(H,33,38)/b34-18+/t20-,21-,22?,23+,26+,28-,29-,30-/m0/s1. The zero-order valence-corrected chi connectivity index (χ0v) is 24.5. The summed E-state index contributed by atoms with van der Waals surface area (Å²) in [4.78, 5) is 49.4. The fourth-order valence-electron chi connectivity index (χ4n) is 8.73. The molecule has 12 nitrogen and oxygen atoms in total. The van der Waals surface area contributed by atoms with Crippen LogP contribution in [0.25, 0.3) is 0 Å². The van der Waals surface area contributed by atoms with Gasteiger partial charge < -0.3 is 35.2 Å². The molecule has 0 saturated heterocycles. The van der Waals surface area contributed by atoms with Gasteiger partial charge in [-0.05, 0) is 74.2 Å². The maximum atomic E-state index is 12.6. The Kier molecular flexibility index (Phi) is 8.34. The number of amides is 1. The molecule has 3 fully saturated rings. The van der Waals surface area contributed by atoms with Crippen LogP contribution in [0.3, 0.4) is 0 Å². The fraction of sp³-hybridized carbons (Fsp3) is 0.700. The van der Waals surface area contributed by atoms with E-state index in [1.54, 1.807) is 6.20 Å². The first kappa shape index (κ1) is 30.4. The van der Waals surface area contributed by atoms with Crippen LogP contribution in [0.2, 0.25) is 0 Å². The summed E-state index contributed by atoms with van der Waals surface area (Å²) in [5, 5.41) is 39.3. The molecule has 1 amide bonds. The van der Waals surface area contributed by atoms with Gasteiger partial charge in [-0.25, -0.2) is 9.78 Å². The number of nitrogens with zero attached hydrogens (tertiary/aromatic N) is 2. The minimum absolute atomic E-state index is 0.0134. The molecular formula is C30H42N4O8. The van der Waals surface area contributed by atoms with Crippen LogP contribution < -0.4 is 5.32 Å². The minimum atomic E-state index is -1.61. The molecule has 0 radical (unpaired) electrons. The molecule has 0 aromatic carbocycles. The zero-order chi connectivity index (χ0) is 30.3. The first-order valence-corrected chi connectivity index (χ1v) is 14.8. The van der Waals surface area contributed by atoms with E-state index >= 15 is 0 Å². The highest BCUT2D eigenvalue weighted by molar-refractivity contribution is 5.96. The Morgan fingerprint density at radius 2 is 2.02 bits per heavy atom. The second kappa shape index (κ2) is 11.5. The van der Waals surface area contributed by atoms with Crippen molar-refractivity contribution in [2.45, 2.75) is 83.0 Å². The van der Waals surface area contributed by atoms with Crippen LogP contribution in [-0.2, 0) is 30.4 Å². The maximum absolute atomic E-state index is 12.6. The summed E-state index contributed by atoms with van der Waals surface area (Å²) < 4.78 is 4.80. The van der Waals surface area contributed by atoms with Crippen molar-refractivity contribution in [3.63, 3.8) is 0 Å². The Morgan fingerprint density at radius 1 is 1.24 bits per heavy atom. The summed E-state index contributed by atoms with van der Waals surface area (Å²) in [6.07, 6.45) is 8.90. The highest BCUT2D eigenvalue weighted by Gasteiger charge is 2.68. The molecule has 0 bridgehead atoms. The van der Waals surface area contributed by atoms with E-state index in [4.69, 9.17) is 9.57 Å². The van der Waals surface area contributed by atoms with Crippen LogP contribution >= 0.6 is 0 Å². The van der Waals surface area contributed by atoms with Gasteiger partial charge in [-0.2, -0.15) is 0 Å². The van der Waals surface area contributed by atoms with Gasteiger partial charge in [0, 0.05) is 23.7 Å². The number of aromatic nitrogens is 2. The lowest BCUT2D eigenvalue weighted by Gasteiger charge is -2.60. The van der Waals surface area contributed by atoms with Crippen LogP contribution in [0.5, 0.6) is 0 Å². The quantitative estimate of drug-likeness (QED) is 0.210. The smallest absolute Gasteiger partial charge is 0.328 e. The summed E-state index contributed by atoms with van der Waals surface area (Å²) in [5.74, 6) is -1.41. The zero-order valence-electron chi connectivity index (χ0n) is 24.5. The monoisotopic (exact) mass is 586 g/mol. The molecule has 0 aliphatic heterocycles. The lowest BCUT2D eigenvalue weighted by atomic mass is 9.45. The van der Waals surface area contributed by atoms with Gasteiger partial charge in [0.1, 0.15) is 18.2 Å². The number of fused-ring (bicyclic) bond motifs is 5. The first-order valence-electron chi connectivity index (χ1n) is 14.8. The van der Waals surface area contributed by atoms with E-state index in [0.717, 1.165) is 25.0 Å². The molecule has 5 N–H and O–H groups in total. The summed E-state index contributed by atoms with van der Waals surface area (Å²) >= 11 is 0. The summed E-state index contributed by atoms with van der Waals surface area (Å²) in [6.45, 7) is 3.05. The van der Waals surface area contributed by atoms with Gasteiger partial charge in [0.05, 0.1) is 25.3 Å². The average Bonchev–Trinajstić information content (AvgIpc) is 3.57. The predicted octanol–water partition coefficient (Wildman–Crippen LogP) is 1.21. The molecule has 1 aromatic heterocycles. The summed E-state index contributed by atoms with van der Waals surface area (Å²) in [7, 11) is 1.26. The van der Waals surface area contributed by atoms with Crippen molar-refractivity contribution in [1.82, 2.24) is 15.3 Å². The molecule has 4 aliphatic carbocycles. The molecule has 230 valence electrons. The SMILES string of the molecule is COC(=O)C(Cc1cnc[nH]1)NC(=O)CO/N=C1/C=C2CC[C@@H]3[C@H]([C@H](O)C[C@@]4(C)[C@H]3CC[C@]4(O)C(=O)CO)[C@@]2(C)CC1. The number of carbonyl (C=O) groups excluding carboxylic acids is 3. The molecule has 4 aliphatic rings. The molecular weight excluding hydrogens is 544 g/mol. The number of aliphatic hydroxyl groups is 3. The Hall–Kier alpha value is -3.09. The third-order valence-corrected chi connectivity index (χ3v) is 10.8. The fourth-order valence-corrected chi connectivity index (χ4v) is 8.73. The lowest BCUT2D eigenvalue weighted by molar-refractivity contribution is -0.181. The van der Waals surface area contributed by atoms with Crippen molar-refractivity contribution in [3.05, 3.63) is 29.9 Å². The van der Waals surface area contributed by atoms with Gasteiger partial charge in [0.25, 0.3) is 5.91 Å². The predicted molar refractivity (Wildman–Crippen MR) is 150 cm³/mol. The van der Waals surface area contributed by atoms with E-state index in [1.807, 2.05) is 13.0 Å². The molecule has 3 saturated carbocycles. The number of allylic oxidation sites excluding steroid dienone is 2. The van der Waals surface area contributed by atoms with Gasteiger partial charge in [-0.1, -0.05) is 24.6 Å².